The third-order valence-electron chi connectivity index (χ3n) is 5.42. The highest BCUT2D eigenvalue weighted by Gasteiger charge is 2.14. The molecule has 2 heterocycles. The summed E-state index contributed by atoms with van der Waals surface area (Å²) in [6, 6.07) is 9.34. The van der Waals surface area contributed by atoms with Crippen LogP contribution < -0.4 is 15.3 Å². The lowest BCUT2D eigenvalue weighted by Crippen LogP contribution is -2.44. The molecule has 0 saturated carbocycles. The van der Waals surface area contributed by atoms with Gasteiger partial charge >= 0.3 is 0 Å². The summed E-state index contributed by atoms with van der Waals surface area (Å²) in [6.45, 7) is 18.6. The summed E-state index contributed by atoms with van der Waals surface area (Å²) in [4.78, 5) is 14.2. The zero-order valence-corrected chi connectivity index (χ0v) is 19.9. The highest BCUT2D eigenvalue weighted by Crippen LogP contribution is 2.16. The molecule has 0 spiro atoms. The molecule has 0 atom stereocenters. The van der Waals surface area contributed by atoms with E-state index in [1.807, 2.05) is 44.3 Å². The Labute approximate surface area is 196 Å². The molecule has 0 unspecified atom stereocenters. The molecule has 1 saturated heterocycles. The minimum absolute atomic E-state index is 0.137. The van der Waals surface area contributed by atoms with Crippen LogP contribution in [0, 0.1) is 0 Å². The van der Waals surface area contributed by atoms with E-state index in [2.05, 4.69) is 29.9 Å². The van der Waals surface area contributed by atoms with Crippen molar-refractivity contribution in [3.05, 3.63) is 71.5 Å². The second-order valence-electron chi connectivity index (χ2n) is 8.24. The Kier molecular flexibility index (Phi) is 8.44. The molecule has 2 aromatic rings. The predicted molar refractivity (Wildman–Crippen MR) is 136 cm³/mol. The van der Waals surface area contributed by atoms with Crippen LogP contribution in [0.1, 0.15) is 32.8 Å². The summed E-state index contributed by atoms with van der Waals surface area (Å²) >= 11 is 0. The van der Waals surface area contributed by atoms with Crippen LogP contribution in [0.15, 0.2) is 60.3 Å². The molecule has 1 N–H and O–H groups in total. The van der Waals surface area contributed by atoms with Gasteiger partial charge < -0.3 is 14.7 Å². The Morgan fingerprint density at radius 3 is 2.48 bits per heavy atom. The van der Waals surface area contributed by atoms with Crippen LogP contribution >= 0.6 is 0 Å². The Morgan fingerprint density at radius 1 is 1.18 bits per heavy atom. The largest absolute Gasteiger partial charge is 0.507 e. The first-order chi connectivity index (χ1) is 15.9. The van der Waals surface area contributed by atoms with Gasteiger partial charge in [0.05, 0.1) is 16.3 Å². The van der Waals surface area contributed by atoms with Crippen LogP contribution in [0.5, 0.6) is 11.5 Å². The third kappa shape index (κ3) is 6.80. The second kappa shape index (κ2) is 11.5. The normalized spacial score (nSPS) is 16.2. The van der Waals surface area contributed by atoms with Crippen LogP contribution in [-0.2, 0) is 0 Å². The van der Waals surface area contributed by atoms with Gasteiger partial charge in [-0.05, 0) is 62.7 Å². The van der Waals surface area contributed by atoms with E-state index in [1.54, 1.807) is 18.2 Å². The van der Waals surface area contributed by atoms with Crippen molar-refractivity contribution < 1.29 is 9.84 Å². The Hall–Kier alpha value is -3.38. The molecule has 174 valence electrons. The summed E-state index contributed by atoms with van der Waals surface area (Å²) in [5.41, 5.74) is 1.73. The quantitative estimate of drug-likeness (QED) is 0.496. The molecule has 1 aromatic heterocycles. The summed E-state index contributed by atoms with van der Waals surface area (Å²) in [6.07, 6.45) is 6.54. The van der Waals surface area contributed by atoms with Gasteiger partial charge in [0.25, 0.3) is 0 Å². The van der Waals surface area contributed by atoms with Gasteiger partial charge in [0, 0.05) is 44.2 Å². The number of piperazine rings is 1. The minimum Gasteiger partial charge on any atom is -0.507 e. The molecule has 3 rings (SSSR count). The first-order valence-electron chi connectivity index (χ1n) is 11.4. The van der Waals surface area contributed by atoms with Gasteiger partial charge in [0.1, 0.15) is 11.5 Å². The number of rotatable bonds is 8. The molecule has 0 bridgehead atoms. The van der Waals surface area contributed by atoms with Crippen molar-refractivity contribution in [1.29, 1.82) is 0 Å². The molecule has 6 heteroatoms. The standard InChI is InChI=1S/C27H34N4O2/c1-6-8-25-26(32)18-23(19-31-16-14-30(13-7-2)15-17-31)29-27(25)28-21(5)22-9-11-24(12-10-22)33-20(3)4/h6,8-12,18-19,32H,1,3,7,13-17H2,2,4-5H3/b23-19-,25-8-,28-21?. The molecule has 1 aliphatic rings. The van der Waals surface area contributed by atoms with Gasteiger partial charge in [-0.25, -0.2) is 9.98 Å². The number of pyridine rings is 1. The molecule has 33 heavy (non-hydrogen) atoms. The average Bonchev–Trinajstić information content (AvgIpc) is 2.78. The topological polar surface area (TPSA) is 61.2 Å². The number of nitrogens with zero attached hydrogens (tertiary/aromatic N) is 4. The number of allylic oxidation sites excluding steroid dienone is 2. The Bertz CT molecular complexity index is 1130. The number of aromatic hydroxyl groups is 1. The average molecular weight is 447 g/mol. The van der Waals surface area contributed by atoms with E-state index in [-0.39, 0.29) is 5.75 Å². The number of hydrogen-bond donors (Lipinski definition) is 1. The molecular weight excluding hydrogens is 412 g/mol. The lowest BCUT2D eigenvalue weighted by Gasteiger charge is -2.33. The van der Waals surface area contributed by atoms with E-state index in [0.717, 1.165) is 49.7 Å². The van der Waals surface area contributed by atoms with Crippen molar-refractivity contribution in [3.8, 4) is 11.5 Å². The fourth-order valence-electron chi connectivity index (χ4n) is 3.78. The van der Waals surface area contributed by atoms with E-state index in [4.69, 9.17) is 14.7 Å². The SMILES string of the molecule is C=C/C=c1/c(O)c/c(=C/N2CCN(CCC)CC2)nc1N=C(C)c1ccc(OC(=C)C)cc1. The van der Waals surface area contributed by atoms with Crippen LogP contribution in [0.4, 0.5) is 5.82 Å². The van der Waals surface area contributed by atoms with E-state index >= 15 is 0 Å². The molecule has 6 nitrogen and oxygen atoms in total. The maximum absolute atomic E-state index is 10.7. The molecular formula is C27H34N4O2. The highest BCUT2D eigenvalue weighted by molar-refractivity contribution is 6.00. The van der Waals surface area contributed by atoms with Crippen molar-refractivity contribution in [2.45, 2.75) is 27.2 Å². The first kappa shape index (κ1) is 24.3. The van der Waals surface area contributed by atoms with E-state index in [0.29, 0.717) is 22.1 Å². The van der Waals surface area contributed by atoms with Crippen LogP contribution in [0.3, 0.4) is 0 Å². The summed E-state index contributed by atoms with van der Waals surface area (Å²) in [5, 5.41) is 11.9. The fourth-order valence-corrected chi connectivity index (χ4v) is 3.78. The zero-order chi connectivity index (χ0) is 23.8. The van der Waals surface area contributed by atoms with Gasteiger partial charge in [-0.2, -0.15) is 0 Å². The lowest BCUT2D eigenvalue weighted by molar-refractivity contribution is 0.179. The van der Waals surface area contributed by atoms with Crippen molar-refractivity contribution in [2.75, 3.05) is 32.7 Å². The first-order valence-corrected chi connectivity index (χ1v) is 11.4. The summed E-state index contributed by atoms with van der Waals surface area (Å²) in [7, 11) is 0. The second-order valence-corrected chi connectivity index (χ2v) is 8.24. The van der Waals surface area contributed by atoms with Crippen molar-refractivity contribution in [2.24, 2.45) is 4.99 Å². The van der Waals surface area contributed by atoms with Gasteiger partial charge in [-0.1, -0.05) is 26.2 Å². The van der Waals surface area contributed by atoms with Gasteiger partial charge in [0.15, 0.2) is 5.82 Å². The van der Waals surface area contributed by atoms with Crippen molar-refractivity contribution in [3.63, 3.8) is 0 Å². The smallest absolute Gasteiger partial charge is 0.163 e. The van der Waals surface area contributed by atoms with Crippen molar-refractivity contribution in [1.82, 2.24) is 14.8 Å². The van der Waals surface area contributed by atoms with E-state index < -0.39 is 0 Å². The minimum atomic E-state index is 0.137. The Morgan fingerprint density at radius 2 is 1.88 bits per heavy atom. The molecule has 1 aliphatic heterocycles. The monoisotopic (exact) mass is 446 g/mol. The number of aromatic nitrogens is 1. The fraction of sp³-hybridized carbons (Fsp3) is 0.333. The van der Waals surface area contributed by atoms with E-state index in [9.17, 15) is 5.11 Å². The van der Waals surface area contributed by atoms with Crippen LogP contribution in [0.25, 0.3) is 12.3 Å². The lowest BCUT2D eigenvalue weighted by atomic mass is 10.1. The van der Waals surface area contributed by atoms with Crippen molar-refractivity contribution >= 4 is 23.8 Å². The third-order valence-corrected chi connectivity index (χ3v) is 5.42. The summed E-state index contributed by atoms with van der Waals surface area (Å²) < 4.78 is 5.53. The molecule has 1 fully saturated rings. The number of aliphatic imine (C=N–C) groups is 1. The molecule has 0 radical (unpaired) electrons. The van der Waals surface area contributed by atoms with Crippen LogP contribution in [0.2, 0.25) is 0 Å². The van der Waals surface area contributed by atoms with E-state index in [1.165, 1.54) is 6.42 Å². The molecule has 0 aliphatic carbocycles. The van der Waals surface area contributed by atoms with Gasteiger partial charge in [-0.3, -0.25) is 4.90 Å². The highest BCUT2D eigenvalue weighted by atomic mass is 16.5. The van der Waals surface area contributed by atoms with Gasteiger partial charge in [-0.15, -0.1) is 0 Å². The molecule has 1 aromatic carbocycles. The van der Waals surface area contributed by atoms with Crippen LogP contribution in [-0.4, -0.2) is 58.3 Å². The predicted octanol–water partition coefficient (Wildman–Crippen LogP) is 3.57. The number of benzene rings is 1. The Balaban J connectivity index is 1.92. The maximum Gasteiger partial charge on any atom is 0.163 e. The summed E-state index contributed by atoms with van der Waals surface area (Å²) in [5.74, 6) is 1.96. The number of hydrogen-bond acceptors (Lipinski definition) is 6. The maximum atomic E-state index is 10.7. The number of ether oxygens (including phenoxy) is 1. The molecule has 0 amide bonds. The van der Waals surface area contributed by atoms with Gasteiger partial charge in [0.2, 0.25) is 0 Å². The zero-order valence-electron chi connectivity index (χ0n) is 19.9.